The molecule has 0 radical (unpaired) electrons. The van der Waals surface area contributed by atoms with Crippen molar-refractivity contribution in [3.63, 3.8) is 0 Å². The molecule has 0 aromatic heterocycles. The number of hydrogen-bond donors (Lipinski definition) is 0. The van der Waals surface area contributed by atoms with Crippen molar-refractivity contribution in [3.8, 4) is 5.75 Å². The predicted octanol–water partition coefficient (Wildman–Crippen LogP) is 2.85. The Balaban J connectivity index is 2.94. The van der Waals surface area contributed by atoms with Gasteiger partial charge in [-0.3, -0.25) is 14.9 Å². The molecule has 20 heavy (non-hydrogen) atoms. The lowest BCUT2D eigenvalue weighted by Gasteiger charge is -2.19. The smallest absolute Gasteiger partial charge is 0.273 e. The Bertz CT molecular complexity index is 505. The lowest BCUT2D eigenvalue weighted by Crippen LogP contribution is -2.29. The molecule has 1 aromatic carbocycles. The predicted molar refractivity (Wildman–Crippen MR) is 79.6 cm³/mol. The summed E-state index contributed by atoms with van der Waals surface area (Å²) in [6.07, 6.45) is 0.817. The van der Waals surface area contributed by atoms with E-state index in [2.05, 4.69) is 15.9 Å². The molecule has 0 aliphatic carbocycles. The molecular weight excluding hydrogens is 328 g/mol. The van der Waals surface area contributed by atoms with E-state index in [0.717, 1.165) is 6.42 Å². The van der Waals surface area contributed by atoms with E-state index in [4.69, 9.17) is 4.74 Å². The van der Waals surface area contributed by atoms with Crippen molar-refractivity contribution in [1.29, 1.82) is 0 Å². The molecule has 1 amide bonds. The monoisotopic (exact) mass is 344 g/mol. The van der Waals surface area contributed by atoms with Crippen LogP contribution in [0, 0.1) is 10.1 Å². The van der Waals surface area contributed by atoms with Crippen molar-refractivity contribution in [2.75, 3.05) is 20.7 Å². The van der Waals surface area contributed by atoms with Gasteiger partial charge < -0.3 is 9.64 Å². The van der Waals surface area contributed by atoms with Crippen LogP contribution in [-0.2, 0) is 0 Å². The maximum atomic E-state index is 12.3. The SMILES string of the molecule is COc1cc([N+](=O)[O-])ccc1C(=O)N(C)CCC(C)Br. The molecule has 110 valence electrons. The fourth-order valence-electron chi connectivity index (χ4n) is 1.65. The summed E-state index contributed by atoms with van der Waals surface area (Å²) in [5.74, 6) is -0.00663. The van der Waals surface area contributed by atoms with E-state index in [-0.39, 0.29) is 17.3 Å². The van der Waals surface area contributed by atoms with E-state index < -0.39 is 4.92 Å². The number of hydrogen-bond acceptors (Lipinski definition) is 4. The number of nitrogens with zero attached hydrogens (tertiary/aromatic N) is 2. The van der Waals surface area contributed by atoms with Crippen LogP contribution in [0.2, 0.25) is 0 Å². The molecule has 1 aromatic rings. The molecule has 7 heteroatoms. The zero-order chi connectivity index (χ0) is 15.3. The lowest BCUT2D eigenvalue weighted by molar-refractivity contribution is -0.384. The maximum absolute atomic E-state index is 12.3. The van der Waals surface area contributed by atoms with Gasteiger partial charge in [-0.1, -0.05) is 22.9 Å². The van der Waals surface area contributed by atoms with Gasteiger partial charge in [0.2, 0.25) is 0 Å². The van der Waals surface area contributed by atoms with Crippen molar-refractivity contribution >= 4 is 27.5 Å². The second-order valence-corrected chi connectivity index (χ2v) is 6.00. The molecule has 1 atom stereocenters. The Morgan fingerprint density at radius 1 is 1.55 bits per heavy atom. The number of nitro benzene ring substituents is 1. The number of carbonyl (C=O) groups excluding carboxylic acids is 1. The average Bonchev–Trinajstić information content (AvgIpc) is 2.42. The summed E-state index contributed by atoms with van der Waals surface area (Å²) in [6.45, 7) is 2.59. The highest BCUT2D eigenvalue weighted by molar-refractivity contribution is 9.09. The molecule has 0 aliphatic rings. The van der Waals surface area contributed by atoms with E-state index in [0.29, 0.717) is 16.9 Å². The first-order valence-corrected chi connectivity index (χ1v) is 7.00. The highest BCUT2D eigenvalue weighted by Crippen LogP contribution is 2.25. The van der Waals surface area contributed by atoms with Gasteiger partial charge in [0.05, 0.1) is 23.7 Å². The molecule has 0 fully saturated rings. The summed E-state index contributed by atoms with van der Waals surface area (Å²) < 4.78 is 5.07. The van der Waals surface area contributed by atoms with Crippen molar-refractivity contribution in [1.82, 2.24) is 4.90 Å². The first kappa shape index (κ1) is 16.4. The zero-order valence-electron chi connectivity index (χ0n) is 11.6. The molecule has 0 aliphatic heterocycles. The number of rotatable bonds is 6. The minimum Gasteiger partial charge on any atom is -0.496 e. The summed E-state index contributed by atoms with van der Waals surface area (Å²) in [5, 5.41) is 10.7. The number of amides is 1. The molecule has 1 unspecified atom stereocenters. The van der Waals surface area contributed by atoms with Crippen molar-refractivity contribution < 1.29 is 14.5 Å². The number of methoxy groups -OCH3 is 1. The number of benzene rings is 1. The molecule has 6 nitrogen and oxygen atoms in total. The Hall–Kier alpha value is -1.63. The normalized spacial score (nSPS) is 11.8. The maximum Gasteiger partial charge on any atom is 0.273 e. The minimum absolute atomic E-state index is 0.102. The van der Waals surface area contributed by atoms with Gasteiger partial charge in [-0.25, -0.2) is 0 Å². The van der Waals surface area contributed by atoms with Gasteiger partial charge in [0.15, 0.2) is 0 Å². The Morgan fingerprint density at radius 3 is 2.70 bits per heavy atom. The third kappa shape index (κ3) is 4.19. The van der Waals surface area contributed by atoms with Gasteiger partial charge in [0.1, 0.15) is 5.75 Å². The van der Waals surface area contributed by atoms with Crippen LogP contribution in [0.5, 0.6) is 5.75 Å². The van der Waals surface area contributed by atoms with E-state index in [1.807, 2.05) is 6.92 Å². The molecular formula is C13H17BrN2O4. The van der Waals surface area contributed by atoms with E-state index >= 15 is 0 Å². The lowest BCUT2D eigenvalue weighted by atomic mass is 10.1. The molecule has 1 rings (SSSR count). The van der Waals surface area contributed by atoms with Crippen LogP contribution in [0.1, 0.15) is 23.7 Å². The quantitative estimate of drug-likeness (QED) is 0.451. The van der Waals surface area contributed by atoms with Crippen LogP contribution in [0.3, 0.4) is 0 Å². The van der Waals surface area contributed by atoms with Crippen LogP contribution in [-0.4, -0.2) is 41.3 Å². The number of alkyl halides is 1. The van der Waals surface area contributed by atoms with Gasteiger partial charge in [0.25, 0.3) is 11.6 Å². The van der Waals surface area contributed by atoms with Crippen molar-refractivity contribution in [2.24, 2.45) is 0 Å². The molecule has 0 N–H and O–H groups in total. The van der Waals surface area contributed by atoms with Gasteiger partial charge in [-0.05, 0) is 12.5 Å². The Labute approximate surface area is 126 Å². The zero-order valence-corrected chi connectivity index (χ0v) is 13.2. The summed E-state index contributed by atoms with van der Waals surface area (Å²) in [7, 11) is 3.08. The fraction of sp³-hybridized carbons (Fsp3) is 0.462. The highest BCUT2D eigenvalue weighted by Gasteiger charge is 2.19. The molecule has 0 saturated carbocycles. The molecule has 0 heterocycles. The number of carbonyl (C=O) groups is 1. The first-order valence-electron chi connectivity index (χ1n) is 6.08. The van der Waals surface area contributed by atoms with Crippen LogP contribution < -0.4 is 4.74 Å². The largest absolute Gasteiger partial charge is 0.496 e. The summed E-state index contributed by atoms with van der Waals surface area (Å²) in [6, 6.07) is 3.98. The summed E-state index contributed by atoms with van der Waals surface area (Å²) >= 11 is 3.42. The van der Waals surface area contributed by atoms with Crippen molar-refractivity contribution in [3.05, 3.63) is 33.9 Å². The van der Waals surface area contributed by atoms with Gasteiger partial charge >= 0.3 is 0 Å². The van der Waals surface area contributed by atoms with Gasteiger partial charge in [-0.2, -0.15) is 0 Å². The second kappa shape index (κ2) is 7.23. The van der Waals surface area contributed by atoms with Crippen molar-refractivity contribution in [2.45, 2.75) is 18.2 Å². The number of ether oxygens (including phenoxy) is 1. The number of non-ortho nitro benzene ring substituents is 1. The van der Waals surface area contributed by atoms with Gasteiger partial charge in [-0.15, -0.1) is 0 Å². The van der Waals surface area contributed by atoms with Gasteiger partial charge in [0, 0.05) is 24.5 Å². The average molecular weight is 345 g/mol. The minimum atomic E-state index is -0.521. The van der Waals surface area contributed by atoms with E-state index in [9.17, 15) is 14.9 Å². The van der Waals surface area contributed by atoms with Crippen LogP contribution in [0.15, 0.2) is 18.2 Å². The third-order valence-corrected chi connectivity index (χ3v) is 3.29. The van der Waals surface area contributed by atoms with Crippen LogP contribution in [0.25, 0.3) is 0 Å². The molecule has 0 bridgehead atoms. The second-order valence-electron chi connectivity index (χ2n) is 4.44. The highest BCUT2D eigenvalue weighted by atomic mass is 79.9. The number of nitro groups is 1. The first-order chi connectivity index (χ1) is 9.36. The fourth-order valence-corrected chi connectivity index (χ4v) is 1.85. The summed E-state index contributed by atoms with van der Waals surface area (Å²) in [4.78, 5) is 24.4. The Kier molecular flexibility index (Phi) is 5.94. The summed E-state index contributed by atoms with van der Waals surface area (Å²) in [5.41, 5.74) is 0.220. The van der Waals surface area contributed by atoms with E-state index in [1.54, 1.807) is 11.9 Å². The van der Waals surface area contributed by atoms with Crippen LogP contribution >= 0.6 is 15.9 Å². The topological polar surface area (TPSA) is 72.7 Å². The standard InChI is InChI=1S/C13H17BrN2O4/c1-9(14)6-7-15(2)13(17)11-5-4-10(16(18)19)8-12(11)20-3/h4-5,8-9H,6-7H2,1-3H3. The third-order valence-electron chi connectivity index (χ3n) is 2.84. The molecule has 0 saturated heterocycles. The molecule has 0 spiro atoms. The van der Waals surface area contributed by atoms with Crippen LogP contribution in [0.4, 0.5) is 5.69 Å². The van der Waals surface area contributed by atoms with E-state index in [1.165, 1.54) is 25.3 Å². The number of halogens is 1. The Morgan fingerprint density at radius 2 is 2.20 bits per heavy atom.